The van der Waals surface area contributed by atoms with Gasteiger partial charge >= 0.3 is 0 Å². The fourth-order valence-corrected chi connectivity index (χ4v) is 2.70. The Balaban J connectivity index is 0.00000338. The molecule has 0 bridgehead atoms. The van der Waals surface area contributed by atoms with Crippen molar-refractivity contribution in [2.45, 2.75) is 26.8 Å². The summed E-state index contributed by atoms with van der Waals surface area (Å²) in [6.07, 6.45) is 4.65. The van der Waals surface area contributed by atoms with Crippen molar-refractivity contribution >= 4 is 29.9 Å². The fraction of sp³-hybridized carbons (Fsp3) is 0.400. The van der Waals surface area contributed by atoms with Gasteiger partial charge in [0.2, 0.25) is 0 Å². The molecule has 2 aromatic rings. The van der Waals surface area contributed by atoms with Crippen molar-refractivity contribution < 1.29 is 4.74 Å². The zero-order valence-electron chi connectivity index (χ0n) is 16.0. The molecule has 0 atom stereocenters. The van der Waals surface area contributed by atoms with E-state index in [1.165, 1.54) is 11.1 Å². The van der Waals surface area contributed by atoms with Crippen molar-refractivity contribution in [1.29, 1.82) is 0 Å². The highest BCUT2D eigenvalue weighted by atomic mass is 127. The van der Waals surface area contributed by atoms with Crippen LogP contribution >= 0.6 is 24.0 Å². The molecule has 1 aromatic carbocycles. The maximum atomic E-state index is 5.45. The number of aryl methyl sites for hydroxylation is 1. The summed E-state index contributed by atoms with van der Waals surface area (Å²) in [6.45, 7) is 6.49. The first-order valence-corrected chi connectivity index (χ1v) is 8.66. The Morgan fingerprint density at radius 2 is 2.00 bits per heavy atom. The van der Waals surface area contributed by atoms with Crippen molar-refractivity contribution in [1.82, 2.24) is 15.2 Å². The lowest BCUT2D eigenvalue weighted by Gasteiger charge is -2.23. The Bertz CT molecular complexity index is 706. The molecule has 5 nitrogen and oxygen atoms in total. The van der Waals surface area contributed by atoms with Crippen LogP contribution in [0.25, 0.3) is 0 Å². The van der Waals surface area contributed by atoms with Gasteiger partial charge in [0.15, 0.2) is 5.96 Å². The minimum Gasteiger partial charge on any atom is -0.496 e. The molecule has 0 saturated heterocycles. The lowest BCUT2D eigenvalue weighted by molar-refractivity contribution is 0.396. The lowest BCUT2D eigenvalue weighted by Crippen LogP contribution is -2.38. The number of benzene rings is 1. The number of aromatic nitrogens is 1. The summed E-state index contributed by atoms with van der Waals surface area (Å²) in [7, 11) is 3.75. The smallest absolute Gasteiger partial charge is 0.193 e. The zero-order chi connectivity index (χ0) is 18.1. The van der Waals surface area contributed by atoms with E-state index in [2.05, 4.69) is 41.2 Å². The second-order valence-electron chi connectivity index (χ2n) is 5.96. The van der Waals surface area contributed by atoms with Gasteiger partial charge in [0.1, 0.15) is 5.75 Å². The predicted octanol–water partition coefficient (Wildman–Crippen LogP) is 3.66. The number of para-hydroxylation sites is 1. The second kappa shape index (κ2) is 11.7. The van der Waals surface area contributed by atoms with Crippen molar-refractivity contribution in [2.75, 3.05) is 27.2 Å². The molecule has 0 unspecified atom stereocenters. The van der Waals surface area contributed by atoms with Gasteiger partial charge in [-0.05, 0) is 43.5 Å². The Labute approximate surface area is 173 Å². The molecule has 26 heavy (non-hydrogen) atoms. The first kappa shape index (κ1) is 22.2. The molecule has 0 amide bonds. The molecule has 0 aliphatic heterocycles. The minimum absolute atomic E-state index is 0. The van der Waals surface area contributed by atoms with Crippen LogP contribution < -0.4 is 10.1 Å². The van der Waals surface area contributed by atoms with Gasteiger partial charge in [-0.25, -0.2) is 0 Å². The average molecular weight is 468 g/mol. The van der Waals surface area contributed by atoms with Crippen LogP contribution in [0, 0.1) is 6.92 Å². The van der Waals surface area contributed by atoms with Crippen LogP contribution in [0.15, 0.2) is 47.7 Å². The summed E-state index contributed by atoms with van der Waals surface area (Å²) < 4.78 is 5.45. The van der Waals surface area contributed by atoms with E-state index in [0.717, 1.165) is 43.3 Å². The van der Waals surface area contributed by atoms with E-state index in [1.807, 2.05) is 37.6 Å². The quantitative estimate of drug-likeness (QED) is 0.383. The minimum atomic E-state index is 0. The molecule has 2 rings (SSSR count). The highest BCUT2D eigenvalue weighted by molar-refractivity contribution is 14.0. The molecule has 1 heterocycles. The van der Waals surface area contributed by atoms with Gasteiger partial charge in [-0.15, -0.1) is 24.0 Å². The van der Waals surface area contributed by atoms with Gasteiger partial charge in [-0.3, -0.25) is 9.98 Å². The zero-order valence-corrected chi connectivity index (χ0v) is 18.4. The standard InChI is InChI=1S/C20H28N4O.HI/c1-5-22-20(23-13-11-17-10-12-21-14-16(17)2)24(3)15-18-8-6-7-9-19(18)25-4;/h6-10,12,14H,5,11,13,15H2,1-4H3,(H,22,23);1H. The van der Waals surface area contributed by atoms with Gasteiger partial charge < -0.3 is 15.0 Å². The third-order valence-electron chi connectivity index (χ3n) is 4.08. The van der Waals surface area contributed by atoms with Gasteiger partial charge in [0, 0.05) is 44.6 Å². The van der Waals surface area contributed by atoms with Crippen LogP contribution in [-0.4, -0.2) is 43.1 Å². The lowest BCUT2D eigenvalue weighted by atomic mass is 10.1. The Kier molecular flexibility index (Phi) is 10.0. The number of hydrogen-bond acceptors (Lipinski definition) is 3. The van der Waals surface area contributed by atoms with Crippen molar-refractivity contribution in [3.8, 4) is 5.75 Å². The highest BCUT2D eigenvalue weighted by Crippen LogP contribution is 2.18. The Hall–Kier alpha value is -1.83. The molecule has 6 heteroatoms. The van der Waals surface area contributed by atoms with Crippen LogP contribution in [0.3, 0.4) is 0 Å². The first-order chi connectivity index (χ1) is 12.2. The molecule has 0 aliphatic rings. The number of ether oxygens (including phenoxy) is 1. The number of nitrogens with zero attached hydrogens (tertiary/aromatic N) is 3. The number of aliphatic imine (C=N–C) groups is 1. The molecule has 1 aromatic heterocycles. The molecular formula is C20H29IN4O. The summed E-state index contributed by atoms with van der Waals surface area (Å²) in [6, 6.07) is 10.1. The largest absolute Gasteiger partial charge is 0.496 e. The summed E-state index contributed by atoms with van der Waals surface area (Å²) in [4.78, 5) is 11.0. The van der Waals surface area contributed by atoms with Crippen LogP contribution in [-0.2, 0) is 13.0 Å². The first-order valence-electron chi connectivity index (χ1n) is 8.66. The fourth-order valence-electron chi connectivity index (χ4n) is 2.70. The molecule has 1 N–H and O–H groups in total. The number of halogens is 1. The Morgan fingerprint density at radius 1 is 1.23 bits per heavy atom. The summed E-state index contributed by atoms with van der Waals surface area (Å²) >= 11 is 0. The maximum absolute atomic E-state index is 5.45. The number of nitrogens with one attached hydrogen (secondary N) is 1. The molecule has 0 fully saturated rings. The molecule has 0 spiro atoms. The van der Waals surface area contributed by atoms with E-state index < -0.39 is 0 Å². The van der Waals surface area contributed by atoms with Crippen LogP contribution in [0.4, 0.5) is 0 Å². The Morgan fingerprint density at radius 3 is 2.69 bits per heavy atom. The highest BCUT2D eigenvalue weighted by Gasteiger charge is 2.09. The normalized spacial score (nSPS) is 10.8. The summed E-state index contributed by atoms with van der Waals surface area (Å²) in [5.41, 5.74) is 3.65. The van der Waals surface area contributed by atoms with E-state index in [-0.39, 0.29) is 24.0 Å². The van der Waals surface area contributed by atoms with Gasteiger partial charge in [-0.1, -0.05) is 18.2 Å². The van der Waals surface area contributed by atoms with Crippen LogP contribution in [0.2, 0.25) is 0 Å². The van der Waals surface area contributed by atoms with Crippen molar-refractivity contribution in [3.05, 3.63) is 59.4 Å². The molecule has 0 aliphatic carbocycles. The van der Waals surface area contributed by atoms with E-state index >= 15 is 0 Å². The number of hydrogen-bond donors (Lipinski definition) is 1. The summed E-state index contributed by atoms with van der Waals surface area (Å²) in [5, 5.41) is 3.36. The number of guanidine groups is 1. The average Bonchev–Trinajstić information content (AvgIpc) is 2.63. The van der Waals surface area contributed by atoms with E-state index in [1.54, 1.807) is 7.11 Å². The molecule has 0 radical (unpaired) electrons. The van der Waals surface area contributed by atoms with Crippen LogP contribution in [0.5, 0.6) is 5.75 Å². The van der Waals surface area contributed by atoms with Gasteiger partial charge in [-0.2, -0.15) is 0 Å². The number of methoxy groups -OCH3 is 1. The third-order valence-corrected chi connectivity index (χ3v) is 4.08. The van der Waals surface area contributed by atoms with E-state index in [0.29, 0.717) is 0 Å². The SMILES string of the molecule is CCNC(=NCCc1ccncc1C)N(C)Cc1ccccc1OC.I. The molecular weight excluding hydrogens is 439 g/mol. The summed E-state index contributed by atoms with van der Waals surface area (Å²) in [5.74, 6) is 1.80. The molecule has 142 valence electrons. The van der Waals surface area contributed by atoms with E-state index in [4.69, 9.17) is 9.73 Å². The molecule has 0 saturated carbocycles. The van der Waals surface area contributed by atoms with Crippen molar-refractivity contribution in [2.24, 2.45) is 4.99 Å². The predicted molar refractivity (Wildman–Crippen MR) is 119 cm³/mol. The van der Waals surface area contributed by atoms with Gasteiger partial charge in [0.05, 0.1) is 7.11 Å². The topological polar surface area (TPSA) is 49.8 Å². The van der Waals surface area contributed by atoms with Crippen LogP contribution in [0.1, 0.15) is 23.6 Å². The van der Waals surface area contributed by atoms with E-state index in [9.17, 15) is 0 Å². The van der Waals surface area contributed by atoms with Gasteiger partial charge in [0.25, 0.3) is 0 Å². The number of rotatable bonds is 7. The third kappa shape index (κ3) is 6.48. The second-order valence-corrected chi connectivity index (χ2v) is 5.96. The maximum Gasteiger partial charge on any atom is 0.193 e. The number of pyridine rings is 1. The van der Waals surface area contributed by atoms with Crippen molar-refractivity contribution in [3.63, 3.8) is 0 Å². The monoisotopic (exact) mass is 468 g/mol.